The normalized spacial score (nSPS) is 11.2. The zero-order chi connectivity index (χ0) is 13.6. The van der Waals surface area contributed by atoms with E-state index >= 15 is 0 Å². The van der Waals surface area contributed by atoms with Crippen LogP contribution in [-0.2, 0) is 10.0 Å². The van der Waals surface area contributed by atoms with Crippen molar-refractivity contribution in [1.29, 1.82) is 0 Å². The summed E-state index contributed by atoms with van der Waals surface area (Å²) in [6.45, 7) is 4.04. The molecule has 0 saturated heterocycles. The third-order valence-corrected chi connectivity index (χ3v) is 3.90. The van der Waals surface area contributed by atoms with E-state index in [-0.39, 0.29) is 5.15 Å². The summed E-state index contributed by atoms with van der Waals surface area (Å²) in [5.41, 5.74) is 0.431. The molecule has 4 nitrogen and oxygen atoms in total. The molecule has 0 aliphatic heterocycles. The topological polar surface area (TPSA) is 50.3 Å². The summed E-state index contributed by atoms with van der Waals surface area (Å²) >= 11 is 5.93. The van der Waals surface area contributed by atoms with E-state index in [1.54, 1.807) is 12.1 Å². The first-order chi connectivity index (χ1) is 8.46. The molecule has 0 aliphatic rings. The van der Waals surface area contributed by atoms with E-state index < -0.39 is 10.0 Å². The molecule has 100 valence electrons. The van der Waals surface area contributed by atoms with Crippen molar-refractivity contribution in [3.05, 3.63) is 36.1 Å². The second-order valence-corrected chi connectivity index (χ2v) is 6.20. The van der Waals surface area contributed by atoms with Gasteiger partial charge in [0, 0.05) is 12.7 Å². The first-order valence-corrected chi connectivity index (χ1v) is 7.88. The second kappa shape index (κ2) is 6.75. The highest BCUT2D eigenvalue weighted by atomic mass is 35.5. The summed E-state index contributed by atoms with van der Waals surface area (Å²) in [4.78, 5) is 3.90. The first kappa shape index (κ1) is 15.0. The number of unbranched alkanes of at least 4 members (excludes halogenated alkanes) is 2. The molecule has 1 rings (SSSR count). The Bertz CT molecular complexity index is 503. The van der Waals surface area contributed by atoms with Crippen molar-refractivity contribution in [2.75, 3.05) is 17.1 Å². The van der Waals surface area contributed by atoms with Crippen LogP contribution in [-0.4, -0.2) is 26.2 Å². The van der Waals surface area contributed by atoms with Crippen LogP contribution in [0.2, 0.25) is 5.15 Å². The minimum atomic E-state index is -3.34. The Kier molecular flexibility index (Phi) is 5.62. The summed E-state index contributed by atoms with van der Waals surface area (Å²) in [5.74, 6) is 0. The van der Waals surface area contributed by atoms with E-state index in [1.807, 2.05) is 6.08 Å². The number of rotatable bonds is 7. The van der Waals surface area contributed by atoms with Gasteiger partial charge < -0.3 is 0 Å². The zero-order valence-corrected chi connectivity index (χ0v) is 11.9. The fourth-order valence-electron chi connectivity index (χ4n) is 1.57. The Hall–Kier alpha value is -1.07. The van der Waals surface area contributed by atoms with Gasteiger partial charge in [-0.25, -0.2) is 13.4 Å². The lowest BCUT2D eigenvalue weighted by Crippen LogP contribution is -2.31. The predicted octanol–water partition coefficient (Wildman–Crippen LogP) is 2.86. The van der Waals surface area contributed by atoms with E-state index in [0.29, 0.717) is 12.2 Å². The molecule has 0 atom stereocenters. The summed E-state index contributed by atoms with van der Waals surface area (Å²) in [7, 11) is -3.34. The summed E-state index contributed by atoms with van der Waals surface area (Å²) in [6.07, 6.45) is 7.05. The van der Waals surface area contributed by atoms with Crippen LogP contribution in [0.25, 0.3) is 0 Å². The third-order valence-electron chi connectivity index (χ3n) is 2.43. The molecule has 0 radical (unpaired) electrons. The first-order valence-electron chi connectivity index (χ1n) is 5.66. The van der Waals surface area contributed by atoms with Crippen molar-refractivity contribution >= 4 is 27.3 Å². The summed E-state index contributed by atoms with van der Waals surface area (Å²) < 4.78 is 24.8. The van der Waals surface area contributed by atoms with Gasteiger partial charge in [-0.3, -0.25) is 4.31 Å². The van der Waals surface area contributed by atoms with Crippen LogP contribution in [0.3, 0.4) is 0 Å². The SMILES string of the molecule is C=CCCCCN(c1cccnc1Cl)S(C)(=O)=O. The van der Waals surface area contributed by atoms with E-state index in [0.717, 1.165) is 19.3 Å². The maximum atomic E-state index is 11.8. The number of halogens is 1. The van der Waals surface area contributed by atoms with Crippen molar-refractivity contribution in [1.82, 2.24) is 4.98 Å². The number of allylic oxidation sites excluding steroid dienone is 1. The number of aromatic nitrogens is 1. The molecule has 0 bridgehead atoms. The van der Waals surface area contributed by atoms with Gasteiger partial charge in [-0.15, -0.1) is 6.58 Å². The van der Waals surface area contributed by atoms with Gasteiger partial charge in [0.1, 0.15) is 0 Å². The molecule has 1 aromatic heterocycles. The van der Waals surface area contributed by atoms with Crippen LogP contribution in [0.1, 0.15) is 19.3 Å². The Labute approximate surface area is 113 Å². The van der Waals surface area contributed by atoms with Crippen LogP contribution in [0.15, 0.2) is 31.0 Å². The molecule has 6 heteroatoms. The summed E-state index contributed by atoms with van der Waals surface area (Å²) in [5, 5.41) is 0.201. The molecule has 1 aromatic rings. The molecule has 0 spiro atoms. The van der Waals surface area contributed by atoms with Gasteiger partial charge in [-0.1, -0.05) is 17.7 Å². The van der Waals surface area contributed by atoms with Crippen LogP contribution >= 0.6 is 11.6 Å². The number of sulfonamides is 1. The van der Waals surface area contributed by atoms with Gasteiger partial charge >= 0.3 is 0 Å². The predicted molar refractivity (Wildman–Crippen MR) is 75.5 cm³/mol. The Morgan fingerprint density at radius 2 is 2.22 bits per heavy atom. The van der Waals surface area contributed by atoms with Gasteiger partial charge in [0.2, 0.25) is 10.0 Å². The van der Waals surface area contributed by atoms with Gasteiger partial charge in [-0.2, -0.15) is 0 Å². The van der Waals surface area contributed by atoms with Gasteiger partial charge in [0.15, 0.2) is 5.15 Å². The zero-order valence-electron chi connectivity index (χ0n) is 10.3. The highest BCUT2D eigenvalue weighted by Gasteiger charge is 2.19. The number of hydrogen-bond acceptors (Lipinski definition) is 3. The van der Waals surface area contributed by atoms with E-state index in [1.165, 1.54) is 16.8 Å². The van der Waals surface area contributed by atoms with Crippen molar-refractivity contribution in [2.45, 2.75) is 19.3 Å². The lowest BCUT2D eigenvalue weighted by Gasteiger charge is -2.22. The highest BCUT2D eigenvalue weighted by Crippen LogP contribution is 2.25. The quantitative estimate of drug-likeness (QED) is 0.440. The molecule has 0 saturated carbocycles. The van der Waals surface area contributed by atoms with E-state index in [2.05, 4.69) is 11.6 Å². The molecule has 0 fully saturated rings. The van der Waals surface area contributed by atoms with Crippen LogP contribution in [0.5, 0.6) is 0 Å². The number of anilines is 1. The van der Waals surface area contributed by atoms with Crippen molar-refractivity contribution < 1.29 is 8.42 Å². The molecular formula is C12H17ClN2O2S. The molecule has 0 amide bonds. The molecule has 0 unspecified atom stereocenters. The average Bonchev–Trinajstić information content (AvgIpc) is 2.29. The van der Waals surface area contributed by atoms with Gasteiger partial charge in [0.05, 0.1) is 11.9 Å². The number of hydrogen-bond donors (Lipinski definition) is 0. The van der Waals surface area contributed by atoms with Crippen molar-refractivity contribution in [3.63, 3.8) is 0 Å². The van der Waals surface area contributed by atoms with Crippen molar-refractivity contribution in [2.24, 2.45) is 0 Å². The highest BCUT2D eigenvalue weighted by molar-refractivity contribution is 7.92. The third kappa shape index (κ3) is 4.31. The van der Waals surface area contributed by atoms with Crippen LogP contribution in [0, 0.1) is 0 Å². The molecule has 1 heterocycles. The molecule has 0 aliphatic carbocycles. The lowest BCUT2D eigenvalue weighted by atomic mass is 10.2. The maximum absolute atomic E-state index is 11.8. The molecule has 18 heavy (non-hydrogen) atoms. The fraction of sp³-hybridized carbons (Fsp3) is 0.417. The number of nitrogens with zero attached hydrogens (tertiary/aromatic N) is 2. The largest absolute Gasteiger partial charge is 0.267 e. The minimum absolute atomic E-state index is 0.201. The monoisotopic (exact) mass is 288 g/mol. The van der Waals surface area contributed by atoms with Crippen LogP contribution in [0.4, 0.5) is 5.69 Å². The lowest BCUT2D eigenvalue weighted by molar-refractivity contribution is 0.593. The van der Waals surface area contributed by atoms with E-state index in [9.17, 15) is 8.42 Å². The van der Waals surface area contributed by atoms with Gasteiger partial charge in [-0.05, 0) is 31.4 Å². The smallest absolute Gasteiger partial charge is 0.232 e. The molecular weight excluding hydrogens is 272 g/mol. The summed E-state index contributed by atoms with van der Waals surface area (Å²) in [6, 6.07) is 3.33. The Morgan fingerprint density at radius 1 is 1.50 bits per heavy atom. The van der Waals surface area contributed by atoms with Gasteiger partial charge in [0.25, 0.3) is 0 Å². The minimum Gasteiger partial charge on any atom is -0.267 e. The number of pyridine rings is 1. The van der Waals surface area contributed by atoms with Crippen LogP contribution < -0.4 is 4.31 Å². The Balaban J connectivity index is 2.87. The van der Waals surface area contributed by atoms with Crippen molar-refractivity contribution in [3.8, 4) is 0 Å². The van der Waals surface area contributed by atoms with E-state index in [4.69, 9.17) is 11.6 Å². The maximum Gasteiger partial charge on any atom is 0.232 e. The Morgan fingerprint density at radius 3 is 2.78 bits per heavy atom. The average molecular weight is 289 g/mol. The second-order valence-electron chi connectivity index (χ2n) is 3.93. The fourth-order valence-corrected chi connectivity index (χ4v) is 2.81. The molecule has 0 N–H and O–H groups in total. The molecule has 0 aromatic carbocycles. The standard InChI is InChI=1S/C12H17ClN2O2S/c1-3-4-5-6-10-15(18(2,16)17)11-8-7-9-14-12(11)13/h3,7-9H,1,4-6,10H2,2H3.